The maximum atomic E-state index is 12.9. The summed E-state index contributed by atoms with van der Waals surface area (Å²) < 4.78 is 7.79. The van der Waals surface area contributed by atoms with E-state index < -0.39 is 5.97 Å². The highest BCUT2D eigenvalue weighted by atomic mass is 32.2. The molecule has 0 N–H and O–H groups in total. The number of rotatable bonds is 3. The van der Waals surface area contributed by atoms with E-state index in [0.717, 1.165) is 17.8 Å². The van der Waals surface area contributed by atoms with Gasteiger partial charge in [-0.3, -0.25) is 19.2 Å². The summed E-state index contributed by atoms with van der Waals surface area (Å²) in [6.45, 7) is 1.78. The maximum Gasteiger partial charge on any atom is 0.331 e. The summed E-state index contributed by atoms with van der Waals surface area (Å²) in [5, 5.41) is 0.321. The van der Waals surface area contributed by atoms with Crippen LogP contribution < -0.4 is 5.56 Å². The van der Waals surface area contributed by atoms with E-state index in [1.807, 2.05) is 30.3 Å². The monoisotopic (exact) mass is 386 g/mol. The van der Waals surface area contributed by atoms with E-state index in [2.05, 4.69) is 9.73 Å². The molecular weight excluding hydrogens is 368 g/mol. The Labute approximate surface area is 159 Å². The normalized spacial score (nSPS) is 17.2. The molecule has 8 nitrogen and oxygen atoms in total. The fourth-order valence-corrected chi connectivity index (χ4v) is 3.53. The number of nitrogens with zero attached hydrogens (tertiary/aromatic N) is 4. The van der Waals surface area contributed by atoms with Crippen molar-refractivity contribution in [2.75, 3.05) is 14.2 Å². The van der Waals surface area contributed by atoms with E-state index in [1.165, 1.54) is 16.7 Å². The topological polar surface area (TPSA) is 85.9 Å². The van der Waals surface area contributed by atoms with Gasteiger partial charge in [-0.05, 0) is 30.8 Å². The van der Waals surface area contributed by atoms with Crippen LogP contribution in [0.4, 0.5) is 5.69 Å². The van der Waals surface area contributed by atoms with Gasteiger partial charge in [0.05, 0.1) is 23.4 Å². The van der Waals surface area contributed by atoms with Crippen molar-refractivity contribution in [3.05, 3.63) is 57.4 Å². The van der Waals surface area contributed by atoms with Gasteiger partial charge in [0.25, 0.3) is 11.5 Å². The number of aliphatic imine (C=N–C) groups is 1. The van der Waals surface area contributed by atoms with Gasteiger partial charge < -0.3 is 4.74 Å². The van der Waals surface area contributed by atoms with Gasteiger partial charge in [0, 0.05) is 20.2 Å². The molecule has 140 valence electrons. The summed E-state index contributed by atoms with van der Waals surface area (Å²) >= 11 is 1.02. The number of para-hydroxylation sites is 1. The highest BCUT2D eigenvalue weighted by Crippen LogP contribution is 2.31. The molecule has 0 atom stereocenters. The Morgan fingerprint density at radius 1 is 1.19 bits per heavy atom. The third kappa shape index (κ3) is 3.33. The predicted molar refractivity (Wildman–Crippen MR) is 103 cm³/mol. The molecular formula is C18H18N4O4S. The average Bonchev–Trinajstić information content (AvgIpc) is 3.05. The lowest BCUT2D eigenvalue weighted by Crippen LogP contribution is -2.24. The van der Waals surface area contributed by atoms with Gasteiger partial charge >= 0.3 is 5.97 Å². The fourth-order valence-electron chi connectivity index (χ4n) is 2.60. The van der Waals surface area contributed by atoms with Crippen molar-refractivity contribution >= 4 is 34.5 Å². The first-order valence-corrected chi connectivity index (χ1v) is 8.85. The number of esters is 1. The molecule has 1 amide bonds. The number of hydrogen-bond donors (Lipinski definition) is 0. The van der Waals surface area contributed by atoms with Crippen LogP contribution >= 0.6 is 11.8 Å². The van der Waals surface area contributed by atoms with Crippen molar-refractivity contribution in [2.45, 2.75) is 6.92 Å². The van der Waals surface area contributed by atoms with E-state index in [0.29, 0.717) is 16.5 Å². The van der Waals surface area contributed by atoms with Crippen molar-refractivity contribution in [2.24, 2.45) is 12.0 Å². The third-order valence-electron chi connectivity index (χ3n) is 4.18. The summed E-state index contributed by atoms with van der Waals surface area (Å²) in [7, 11) is 4.55. The van der Waals surface area contributed by atoms with Crippen LogP contribution in [0, 0.1) is 6.92 Å². The molecule has 1 aliphatic heterocycles. The number of amides is 1. The molecule has 3 rings (SSSR count). The predicted octanol–water partition coefficient (Wildman–Crippen LogP) is 1.73. The molecule has 0 aliphatic carbocycles. The summed E-state index contributed by atoms with van der Waals surface area (Å²) in [5.74, 6) is -0.996. The Hall–Kier alpha value is -3.07. The van der Waals surface area contributed by atoms with Gasteiger partial charge in [-0.2, -0.15) is 0 Å². The van der Waals surface area contributed by atoms with Crippen LogP contribution in [0.1, 0.15) is 5.69 Å². The number of amidine groups is 1. The molecule has 0 unspecified atom stereocenters. The van der Waals surface area contributed by atoms with Gasteiger partial charge in [0.15, 0.2) is 10.9 Å². The van der Waals surface area contributed by atoms with E-state index in [4.69, 9.17) is 0 Å². The van der Waals surface area contributed by atoms with E-state index >= 15 is 0 Å². The number of thioether (sulfide) groups is 1. The molecule has 0 bridgehead atoms. The van der Waals surface area contributed by atoms with Gasteiger partial charge in [-0.15, -0.1) is 0 Å². The molecule has 2 aromatic rings. The van der Waals surface area contributed by atoms with Crippen molar-refractivity contribution in [3.8, 4) is 5.69 Å². The molecule has 0 saturated carbocycles. The lowest BCUT2D eigenvalue weighted by molar-refractivity contribution is -0.135. The van der Waals surface area contributed by atoms with Crippen molar-refractivity contribution in [1.29, 1.82) is 0 Å². The smallest absolute Gasteiger partial charge is 0.331 e. The Balaban J connectivity index is 2.06. The van der Waals surface area contributed by atoms with Gasteiger partial charge in [0.1, 0.15) is 0 Å². The Bertz CT molecular complexity index is 1030. The molecule has 1 aromatic heterocycles. The zero-order valence-electron chi connectivity index (χ0n) is 15.3. The number of benzene rings is 1. The molecule has 0 spiro atoms. The van der Waals surface area contributed by atoms with Crippen LogP contribution in [0.3, 0.4) is 0 Å². The Morgan fingerprint density at radius 2 is 1.85 bits per heavy atom. The molecule has 1 fully saturated rings. The quantitative estimate of drug-likeness (QED) is 0.592. The molecule has 27 heavy (non-hydrogen) atoms. The summed E-state index contributed by atoms with van der Waals surface area (Å²) in [6.07, 6.45) is 1.12. The molecule has 1 aliphatic rings. The second kappa shape index (κ2) is 7.28. The van der Waals surface area contributed by atoms with Crippen molar-refractivity contribution < 1.29 is 14.3 Å². The first-order valence-electron chi connectivity index (χ1n) is 8.03. The van der Waals surface area contributed by atoms with Crippen molar-refractivity contribution in [1.82, 2.24) is 14.3 Å². The minimum Gasteiger partial charge on any atom is -0.466 e. The lowest BCUT2D eigenvalue weighted by atomic mass is 10.3. The number of ether oxygens (including phenoxy) is 1. The number of carbonyl (C=O) groups excluding carboxylic acids is 2. The van der Waals surface area contributed by atoms with Crippen molar-refractivity contribution in [3.63, 3.8) is 0 Å². The summed E-state index contributed by atoms with van der Waals surface area (Å²) in [5.41, 5.74) is 1.32. The summed E-state index contributed by atoms with van der Waals surface area (Å²) in [4.78, 5) is 42.5. The highest BCUT2D eigenvalue weighted by Gasteiger charge is 2.32. The fraction of sp³-hybridized carbons (Fsp3) is 0.222. The largest absolute Gasteiger partial charge is 0.466 e. The van der Waals surface area contributed by atoms with Crippen LogP contribution in [0.25, 0.3) is 5.69 Å². The second-order valence-corrected chi connectivity index (χ2v) is 6.81. The van der Waals surface area contributed by atoms with E-state index in [9.17, 15) is 14.4 Å². The third-order valence-corrected chi connectivity index (χ3v) is 5.25. The van der Waals surface area contributed by atoms with Gasteiger partial charge in [-0.1, -0.05) is 18.2 Å². The lowest BCUT2D eigenvalue weighted by Gasteiger charge is -2.07. The number of carbonyl (C=O) groups is 2. The number of methoxy groups -OCH3 is 1. The molecule has 1 aromatic carbocycles. The Kier molecular flexibility index (Phi) is 5.04. The van der Waals surface area contributed by atoms with Gasteiger partial charge in [-0.25, -0.2) is 14.5 Å². The number of aromatic nitrogens is 2. The highest BCUT2D eigenvalue weighted by molar-refractivity contribution is 8.18. The zero-order valence-corrected chi connectivity index (χ0v) is 16.1. The van der Waals surface area contributed by atoms with Crippen LogP contribution in [0.5, 0.6) is 0 Å². The van der Waals surface area contributed by atoms with E-state index in [1.54, 1.807) is 25.7 Å². The first-order chi connectivity index (χ1) is 12.8. The molecule has 9 heteroatoms. The minimum atomic E-state index is -0.622. The van der Waals surface area contributed by atoms with Crippen LogP contribution in [-0.2, 0) is 21.4 Å². The maximum absolute atomic E-state index is 12.9. The van der Waals surface area contributed by atoms with Crippen LogP contribution in [0.2, 0.25) is 0 Å². The standard InChI is InChI=1S/C18H18N4O4S/c1-11-15(17(25)22(21(11)3)12-8-6-5-7-9-12)19-18-20(2)16(24)13(27-18)10-14(23)26-4/h5-10H,1-4H3. The van der Waals surface area contributed by atoms with Crippen LogP contribution in [-0.4, -0.2) is 45.5 Å². The molecule has 2 heterocycles. The minimum absolute atomic E-state index is 0.195. The summed E-state index contributed by atoms with van der Waals surface area (Å²) in [6, 6.07) is 9.22. The molecule has 1 saturated heterocycles. The Morgan fingerprint density at radius 3 is 2.48 bits per heavy atom. The zero-order chi connectivity index (χ0) is 19.7. The SMILES string of the molecule is COC(=O)C=C1SC(=Nc2c(C)n(C)n(-c3ccccc3)c2=O)N(C)C1=O. The van der Waals surface area contributed by atoms with Gasteiger partial charge in [0.2, 0.25) is 0 Å². The first kappa shape index (κ1) is 18.7. The average molecular weight is 386 g/mol. The van der Waals surface area contributed by atoms with E-state index in [-0.39, 0.29) is 22.1 Å². The number of likely N-dealkylation sites (N-methyl/N-ethyl adjacent to an activating group) is 1. The molecule has 0 radical (unpaired) electrons. The second-order valence-electron chi connectivity index (χ2n) is 5.80. The van der Waals surface area contributed by atoms with Crippen LogP contribution in [0.15, 0.2) is 51.1 Å². The number of hydrogen-bond acceptors (Lipinski definition) is 6.